The molecule has 0 aliphatic heterocycles. The standard InChI is InChI=1S/C33H28N2/c1-33(2)31-16-10-9-15-29(31)30-18-17-23(21-32(30)33)24-19-27(34-25-11-5-3-6-12-25)22-28(20-24)35-26-13-7-4-8-14-26/h3-22,34-35H,1-2H3. The van der Waals surface area contributed by atoms with Crippen molar-refractivity contribution in [3.63, 3.8) is 0 Å². The van der Waals surface area contributed by atoms with E-state index in [0.717, 1.165) is 22.7 Å². The van der Waals surface area contributed by atoms with Gasteiger partial charge in [0.05, 0.1) is 0 Å². The highest BCUT2D eigenvalue weighted by Gasteiger charge is 2.35. The molecular formula is C33H28N2. The second-order valence-corrected chi connectivity index (χ2v) is 9.71. The van der Waals surface area contributed by atoms with Gasteiger partial charge in [-0.05, 0) is 81.9 Å². The summed E-state index contributed by atoms with van der Waals surface area (Å²) < 4.78 is 0. The first-order valence-corrected chi connectivity index (χ1v) is 12.1. The van der Waals surface area contributed by atoms with Gasteiger partial charge in [-0.15, -0.1) is 0 Å². The molecule has 1 aliphatic rings. The maximum absolute atomic E-state index is 3.58. The number of hydrogen-bond donors (Lipinski definition) is 2. The summed E-state index contributed by atoms with van der Waals surface area (Å²) in [5.74, 6) is 0. The van der Waals surface area contributed by atoms with E-state index in [1.165, 1.54) is 33.4 Å². The van der Waals surface area contributed by atoms with Crippen molar-refractivity contribution >= 4 is 22.7 Å². The number of benzene rings is 5. The zero-order chi connectivity index (χ0) is 23.8. The second kappa shape index (κ2) is 8.48. The fourth-order valence-corrected chi connectivity index (χ4v) is 5.20. The molecule has 0 fully saturated rings. The Balaban J connectivity index is 1.44. The molecule has 5 aromatic carbocycles. The minimum absolute atomic E-state index is 0.0209. The first-order chi connectivity index (χ1) is 17.1. The maximum atomic E-state index is 3.58. The first-order valence-electron chi connectivity index (χ1n) is 12.1. The molecule has 1 aliphatic carbocycles. The van der Waals surface area contributed by atoms with E-state index in [1.807, 2.05) is 12.1 Å². The Bertz CT molecular complexity index is 1440. The molecule has 0 heterocycles. The molecule has 6 rings (SSSR count). The highest BCUT2D eigenvalue weighted by Crippen LogP contribution is 2.49. The van der Waals surface area contributed by atoms with E-state index in [9.17, 15) is 0 Å². The molecule has 0 atom stereocenters. The van der Waals surface area contributed by atoms with Crippen LogP contribution >= 0.6 is 0 Å². The largest absolute Gasteiger partial charge is 0.355 e. The van der Waals surface area contributed by atoms with Crippen molar-refractivity contribution in [2.45, 2.75) is 19.3 Å². The van der Waals surface area contributed by atoms with E-state index in [0.29, 0.717) is 0 Å². The monoisotopic (exact) mass is 452 g/mol. The van der Waals surface area contributed by atoms with Crippen molar-refractivity contribution in [3.8, 4) is 22.3 Å². The van der Waals surface area contributed by atoms with Crippen LogP contribution in [0, 0.1) is 0 Å². The molecule has 0 spiro atoms. The third-order valence-corrected chi connectivity index (χ3v) is 6.97. The summed E-state index contributed by atoms with van der Waals surface area (Å²) in [6.45, 7) is 4.66. The molecule has 170 valence electrons. The summed E-state index contributed by atoms with van der Waals surface area (Å²) in [5, 5.41) is 7.17. The van der Waals surface area contributed by atoms with Crippen molar-refractivity contribution in [1.82, 2.24) is 0 Å². The lowest BCUT2D eigenvalue weighted by molar-refractivity contribution is 0.660. The van der Waals surface area contributed by atoms with Crippen molar-refractivity contribution in [1.29, 1.82) is 0 Å². The molecule has 2 nitrogen and oxygen atoms in total. The van der Waals surface area contributed by atoms with E-state index in [4.69, 9.17) is 0 Å². The average molecular weight is 453 g/mol. The molecular weight excluding hydrogens is 424 g/mol. The molecule has 35 heavy (non-hydrogen) atoms. The number of fused-ring (bicyclic) bond motifs is 3. The van der Waals surface area contributed by atoms with Crippen LogP contribution in [0.15, 0.2) is 121 Å². The van der Waals surface area contributed by atoms with Gasteiger partial charge < -0.3 is 10.6 Å². The maximum Gasteiger partial charge on any atom is 0.0411 e. The minimum Gasteiger partial charge on any atom is -0.355 e. The molecule has 0 bridgehead atoms. The fourth-order valence-electron chi connectivity index (χ4n) is 5.20. The predicted molar refractivity (Wildman–Crippen MR) is 149 cm³/mol. The third-order valence-electron chi connectivity index (χ3n) is 6.97. The van der Waals surface area contributed by atoms with Crippen LogP contribution in [-0.2, 0) is 5.41 Å². The highest BCUT2D eigenvalue weighted by atomic mass is 14.9. The van der Waals surface area contributed by atoms with E-state index >= 15 is 0 Å². The summed E-state index contributed by atoms with van der Waals surface area (Å²) in [5.41, 5.74) is 12.1. The lowest BCUT2D eigenvalue weighted by Crippen LogP contribution is -2.14. The number of nitrogens with one attached hydrogen (secondary N) is 2. The van der Waals surface area contributed by atoms with Gasteiger partial charge in [-0.2, -0.15) is 0 Å². The van der Waals surface area contributed by atoms with Gasteiger partial charge in [0.15, 0.2) is 0 Å². The molecule has 0 radical (unpaired) electrons. The molecule has 0 unspecified atom stereocenters. The van der Waals surface area contributed by atoms with Gasteiger partial charge in [-0.1, -0.05) is 86.6 Å². The number of rotatable bonds is 5. The summed E-state index contributed by atoms with van der Waals surface area (Å²) in [4.78, 5) is 0. The third kappa shape index (κ3) is 3.98. The van der Waals surface area contributed by atoms with Gasteiger partial charge in [0, 0.05) is 28.2 Å². The van der Waals surface area contributed by atoms with Crippen molar-refractivity contribution in [2.24, 2.45) is 0 Å². The van der Waals surface area contributed by atoms with Crippen LogP contribution in [-0.4, -0.2) is 0 Å². The van der Waals surface area contributed by atoms with Crippen molar-refractivity contribution < 1.29 is 0 Å². The van der Waals surface area contributed by atoms with Gasteiger partial charge in [0.2, 0.25) is 0 Å². The van der Waals surface area contributed by atoms with E-state index in [1.54, 1.807) is 0 Å². The highest BCUT2D eigenvalue weighted by molar-refractivity contribution is 5.85. The zero-order valence-corrected chi connectivity index (χ0v) is 20.0. The molecule has 5 aromatic rings. The number of anilines is 4. The van der Waals surface area contributed by atoms with Crippen LogP contribution in [0.1, 0.15) is 25.0 Å². The SMILES string of the molecule is CC1(C)c2ccccc2-c2ccc(-c3cc(Nc4ccccc4)cc(Nc4ccccc4)c3)cc21. The van der Waals surface area contributed by atoms with Gasteiger partial charge in [0.25, 0.3) is 0 Å². The Morgan fingerprint density at radius 2 is 0.971 bits per heavy atom. The Hall–Kier alpha value is -4.30. The Morgan fingerprint density at radius 1 is 0.429 bits per heavy atom. The quantitative estimate of drug-likeness (QED) is 0.278. The van der Waals surface area contributed by atoms with Gasteiger partial charge in [-0.25, -0.2) is 0 Å². The van der Waals surface area contributed by atoms with Crippen LogP contribution < -0.4 is 10.6 Å². The number of hydrogen-bond acceptors (Lipinski definition) is 2. The zero-order valence-electron chi connectivity index (χ0n) is 20.0. The topological polar surface area (TPSA) is 24.1 Å². The van der Waals surface area contributed by atoms with Crippen LogP contribution in [0.25, 0.3) is 22.3 Å². The average Bonchev–Trinajstić information content (AvgIpc) is 3.12. The molecule has 2 N–H and O–H groups in total. The Kier molecular flexibility index (Phi) is 5.15. The van der Waals surface area contributed by atoms with Gasteiger partial charge >= 0.3 is 0 Å². The van der Waals surface area contributed by atoms with Crippen LogP contribution in [0.5, 0.6) is 0 Å². The lowest BCUT2D eigenvalue weighted by Gasteiger charge is -2.22. The van der Waals surface area contributed by atoms with Crippen LogP contribution in [0.4, 0.5) is 22.7 Å². The summed E-state index contributed by atoms with van der Waals surface area (Å²) in [6, 6.07) is 43.0. The van der Waals surface area contributed by atoms with E-state index in [2.05, 4.69) is 134 Å². The summed E-state index contributed by atoms with van der Waals surface area (Å²) in [6.07, 6.45) is 0. The predicted octanol–water partition coefficient (Wildman–Crippen LogP) is 9.15. The molecule has 0 saturated carbocycles. The second-order valence-electron chi connectivity index (χ2n) is 9.71. The number of para-hydroxylation sites is 2. The minimum atomic E-state index is -0.0209. The molecule has 2 heteroatoms. The smallest absolute Gasteiger partial charge is 0.0411 e. The van der Waals surface area contributed by atoms with Gasteiger partial charge in [-0.3, -0.25) is 0 Å². The van der Waals surface area contributed by atoms with Crippen molar-refractivity contribution in [2.75, 3.05) is 10.6 Å². The Morgan fingerprint density at radius 3 is 1.60 bits per heavy atom. The van der Waals surface area contributed by atoms with Crippen molar-refractivity contribution in [3.05, 3.63) is 132 Å². The molecule has 0 saturated heterocycles. The first kappa shape index (κ1) is 21.2. The van der Waals surface area contributed by atoms with E-state index < -0.39 is 0 Å². The molecule has 0 amide bonds. The van der Waals surface area contributed by atoms with Crippen LogP contribution in [0.3, 0.4) is 0 Å². The fraction of sp³-hybridized carbons (Fsp3) is 0.0909. The molecule has 0 aromatic heterocycles. The van der Waals surface area contributed by atoms with Crippen LogP contribution in [0.2, 0.25) is 0 Å². The lowest BCUT2D eigenvalue weighted by atomic mass is 9.81. The summed E-state index contributed by atoms with van der Waals surface area (Å²) in [7, 11) is 0. The normalized spacial score (nSPS) is 13.1. The van der Waals surface area contributed by atoms with E-state index in [-0.39, 0.29) is 5.41 Å². The van der Waals surface area contributed by atoms with Gasteiger partial charge in [0.1, 0.15) is 0 Å². The Labute approximate surface area is 207 Å². The summed E-state index contributed by atoms with van der Waals surface area (Å²) >= 11 is 0.